The normalized spacial score (nSPS) is 15.0. The van der Waals surface area contributed by atoms with Gasteiger partial charge in [0, 0.05) is 24.0 Å². The molecule has 3 heterocycles. The maximum Gasteiger partial charge on any atom is 0.178 e. The van der Waals surface area contributed by atoms with Crippen molar-refractivity contribution in [3.05, 3.63) is 48.3 Å². The van der Waals surface area contributed by atoms with Gasteiger partial charge in [0.2, 0.25) is 0 Å². The average molecular weight is 254 g/mol. The Hall–Kier alpha value is -2.30. The van der Waals surface area contributed by atoms with E-state index in [1.54, 1.807) is 22.9 Å². The van der Waals surface area contributed by atoms with Gasteiger partial charge in [-0.15, -0.1) is 0 Å². The molecule has 0 aliphatic heterocycles. The molecular formula is C14H11FN4. The van der Waals surface area contributed by atoms with Crippen molar-refractivity contribution in [1.29, 1.82) is 0 Å². The molecule has 3 aromatic rings. The van der Waals surface area contributed by atoms with Crippen molar-refractivity contribution in [2.24, 2.45) is 0 Å². The standard InChI is InChI=1S/C14H11FN4/c15-10-3-4-13-17-7-12(19(13)8-10)14-16-6-5-11(18-14)9-1-2-9/h3-9H,1-2H2. The van der Waals surface area contributed by atoms with Crippen molar-refractivity contribution >= 4 is 5.65 Å². The van der Waals surface area contributed by atoms with Crippen LogP contribution >= 0.6 is 0 Å². The van der Waals surface area contributed by atoms with E-state index in [0.29, 0.717) is 17.4 Å². The van der Waals surface area contributed by atoms with Crippen molar-refractivity contribution in [1.82, 2.24) is 19.4 Å². The molecule has 0 unspecified atom stereocenters. The first-order chi connectivity index (χ1) is 9.31. The van der Waals surface area contributed by atoms with Crippen LogP contribution in [0.15, 0.2) is 36.8 Å². The lowest BCUT2D eigenvalue weighted by atomic mass is 10.3. The van der Waals surface area contributed by atoms with E-state index in [-0.39, 0.29) is 5.82 Å². The van der Waals surface area contributed by atoms with E-state index >= 15 is 0 Å². The van der Waals surface area contributed by atoms with Crippen LogP contribution in [0.2, 0.25) is 0 Å². The lowest BCUT2D eigenvalue weighted by Gasteiger charge is -2.02. The van der Waals surface area contributed by atoms with Crippen molar-refractivity contribution in [2.45, 2.75) is 18.8 Å². The Labute approximate surface area is 109 Å². The number of nitrogens with zero attached hydrogens (tertiary/aromatic N) is 4. The number of fused-ring (bicyclic) bond motifs is 1. The van der Waals surface area contributed by atoms with Gasteiger partial charge in [-0.25, -0.2) is 19.3 Å². The molecule has 0 spiro atoms. The Morgan fingerprint density at radius 2 is 2.05 bits per heavy atom. The third-order valence-electron chi connectivity index (χ3n) is 3.37. The molecule has 0 atom stereocenters. The third kappa shape index (κ3) is 1.78. The molecule has 5 heteroatoms. The summed E-state index contributed by atoms with van der Waals surface area (Å²) < 4.78 is 15.0. The highest BCUT2D eigenvalue weighted by atomic mass is 19.1. The van der Waals surface area contributed by atoms with E-state index in [1.165, 1.54) is 25.1 Å². The Morgan fingerprint density at radius 1 is 1.16 bits per heavy atom. The number of halogens is 1. The summed E-state index contributed by atoms with van der Waals surface area (Å²) in [6.07, 6.45) is 7.23. The van der Waals surface area contributed by atoms with Crippen LogP contribution in [0.3, 0.4) is 0 Å². The molecule has 19 heavy (non-hydrogen) atoms. The molecule has 4 nitrogen and oxygen atoms in total. The molecule has 1 aliphatic carbocycles. The van der Waals surface area contributed by atoms with Gasteiger partial charge in [0.05, 0.1) is 6.20 Å². The van der Waals surface area contributed by atoms with Crippen LogP contribution in [0.1, 0.15) is 24.5 Å². The smallest absolute Gasteiger partial charge is 0.178 e. The van der Waals surface area contributed by atoms with Crippen LogP contribution in [0.5, 0.6) is 0 Å². The zero-order valence-electron chi connectivity index (χ0n) is 10.1. The van der Waals surface area contributed by atoms with E-state index in [2.05, 4.69) is 15.0 Å². The second-order valence-electron chi connectivity index (χ2n) is 4.80. The summed E-state index contributed by atoms with van der Waals surface area (Å²) >= 11 is 0. The van der Waals surface area contributed by atoms with Crippen molar-refractivity contribution < 1.29 is 4.39 Å². The zero-order chi connectivity index (χ0) is 12.8. The second-order valence-corrected chi connectivity index (χ2v) is 4.80. The predicted octanol–water partition coefficient (Wildman–Crippen LogP) is 2.81. The minimum absolute atomic E-state index is 0.301. The Morgan fingerprint density at radius 3 is 2.89 bits per heavy atom. The summed E-state index contributed by atoms with van der Waals surface area (Å²) in [6, 6.07) is 4.99. The first-order valence-electron chi connectivity index (χ1n) is 6.27. The molecule has 94 valence electrons. The van der Waals surface area contributed by atoms with Crippen LogP contribution in [0.4, 0.5) is 4.39 Å². The highest BCUT2D eigenvalue weighted by Gasteiger charge is 2.25. The number of rotatable bonds is 2. The van der Waals surface area contributed by atoms with Crippen LogP contribution < -0.4 is 0 Å². The predicted molar refractivity (Wildman–Crippen MR) is 68.2 cm³/mol. The summed E-state index contributed by atoms with van der Waals surface area (Å²) in [7, 11) is 0. The van der Waals surface area contributed by atoms with Gasteiger partial charge < -0.3 is 0 Å². The quantitative estimate of drug-likeness (QED) is 0.706. The van der Waals surface area contributed by atoms with Gasteiger partial charge in [-0.1, -0.05) is 0 Å². The van der Waals surface area contributed by atoms with Crippen molar-refractivity contribution in [2.75, 3.05) is 0 Å². The van der Waals surface area contributed by atoms with E-state index in [0.717, 1.165) is 11.4 Å². The monoisotopic (exact) mass is 254 g/mol. The topological polar surface area (TPSA) is 43.1 Å². The number of hydrogen-bond acceptors (Lipinski definition) is 3. The van der Waals surface area contributed by atoms with E-state index < -0.39 is 0 Å². The molecule has 1 fully saturated rings. The Kier molecular flexibility index (Phi) is 2.15. The minimum Gasteiger partial charge on any atom is -0.294 e. The van der Waals surface area contributed by atoms with Gasteiger partial charge in [-0.05, 0) is 31.0 Å². The maximum absolute atomic E-state index is 13.3. The number of pyridine rings is 1. The van der Waals surface area contributed by atoms with E-state index in [1.807, 2.05) is 6.07 Å². The summed E-state index contributed by atoms with van der Waals surface area (Å²) in [6.45, 7) is 0. The second kappa shape index (κ2) is 3.85. The average Bonchev–Trinajstić information content (AvgIpc) is 3.20. The molecule has 4 rings (SSSR count). The molecule has 0 amide bonds. The summed E-state index contributed by atoms with van der Waals surface area (Å²) in [4.78, 5) is 13.1. The highest BCUT2D eigenvalue weighted by molar-refractivity contribution is 5.56. The summed E-state index contributed by atoms with van der Waals surface area (Å²) in [5.74, 6) is 0.866. The largest absolute Gasteiger partial charge is 0.294 e. The molecule has 1 aliphatic rings. The van der Waals surface area contributed by atoms with E-state index in [4.69, 9.17) is 0 Å². The van der Waals surface area contributed by atoms with Crippen LogP contribution in [0.25, 0.3) is 17.2 Å². The van der Waals surface area contributed by atoms with Gasteiger partial charge >= 0.3 is 0 Å². The number of aromatic nitrogens is 4. The Balaban J connectivity index is 1.89. The minimum atomic E-state index is -0.301. The molecule has 0 saturated heterocycles. The molecule has 0 bridgehead atoms. The van der Waals surface area contributed by atoms with Gasteiger partial charge in [0.1, 0.15) is 17.2 Å². The first-order valence-corrected chi connectivity index (χ1v) is 6.27. The van der Waals surface area contributed by atoms with Crippen LogP contribution in [0, 0.1) is 5.82 Å². The van der Waals surface area contributed by atoms with Gasteiger partial charge in [-0.2, -0.15) is 0 Å². The fourth-order valence-corrected chi connectivity index (χ4v) is 2.22. The first kappa shape index (κ1) is 10.6. The fraction of sp³-hybridized carbons (Fsp3) is 0.214. The fourth-order valence-electron chi connectivity index (χ4n) is 2.22. The van der Waals surface area contributed by atoms with Gasteiger partial charge in [0.15, 0.2) is 5.82 Å². The molecule has 1 saturated carbocycles. The van der Waals surface area contributed by atoms with Gasteiger partial charge in [0.25, 0.3) is 0 Å². The van der Waals surface area contributed by atoms with Gasteiger partial charge in [-0.3, -0.25) is 4.40 Å². The van der Waals surface area contributed by atoms with Crippen molar-refractivity contribution in [3.8, 4) is 11.5 Å². The lowest BCUT2D eigenvalue weighted by Crippen LogP contribution is -1.97. The van der Waals surface area contributed by atoms with E-state index in [9.17, 15) is 4.39 Å². The number of imidazole rings is 1. The Bertz CT molecular complexity index is 761. The van der Waals surface area contributed by atoms with Crippen molar-refractivity contribution in [3.63, 3.8) is 0 Å². The molecule has 0 aromatic carbocycles. The number of hydrogen-bond donors (Lipinski definition) is 0. The summed E-state index contributed by atoms with van der Waals surface area (Å²) in [5.41, 5.74) is 2.48. The lowest BCUT2D eigenvalue weighted by molar-refractivity contribution is 0.619. The highest BCUT2D eigenvalue weighted by Crippen LogP contribution is 2.39. The van der Waals surface area contributed by atoms with Crippen LogP contribution in [-0.2, 0) is 0 Å². The summed E-state index contributed by atoms with van der Waals surface area (Å²) in [5, 5.41) is 0. The SMILES string of the molecule is Fc1ccc2ncc(-c3nccc(C4CC4)n3)n2c1. The molecule has 0 radical (unpaired) electrons. The molecular weight excluding hydrogens is 243 g/mol. The molecule has 3 aromatic heterocycles. The third-order valence-corrected chi connectivity index (χ3v) is 3.37. The zero-order valence-corrected chi connectivity index (χ0v) is 10.1. The molecule has 0 N–H and O–H groups in total. The van der Waals surface area contributed by atoms with Crippen LogP contribution in [-0.4, -0.2) is 19.4 Å². The maximum atomic E-state index is 13.3.